The molecule has 0 unspecified atom stereocenters. The first-order chi connectivity index (χ1) is 8.95. The van der Waals surface area contributed by atoms with Crippen molar-refractivity contribution in [2.75, 3.05) is 5.73 Å². The molecule has 7 nitrogen and oxygen atoms in total. The molecule has 1 aromatic heterocycles. The van der Waals surface area contributed by atoms with Crippen molar-refractivity contribution in [3.63, 3.8) is 0 Å². The van der Waals surface area contributed by atoms with E-state index in [-0.39, 0.29) is 28.3 Å². The van der Waals surface area contributed by atoms with Gasteiger partial charge in [-0.25, -0.2) is 4.98 Å². The Kier molecular flexibility index (Phi) is 3.48. The van der Waals surface area contributed by atoms with E-state index in [0.717, 1.165) is 0 Å². The van der Waals surface area contributed by atoms with E-state index in [1.165, 1.54) is 24.3 Å². The molecule has 2 rings (SSSR count). The highest BCUT2D eigenvalue weighted by Gasteiger charge is 2.17. The van der Waals surface area contributed by atoms with Gasteiger partial charge in [0.2, 0.25) is 17.6 Å². The van der Waals surface area contributed by atoms with Gasteiger partial charge in [-0.05, 0) is 19.1 Å². The van der Waals surface area contributed by atoms with E-state index in [4.69, 9.17) is 22.1 Å². The lowest BCUT2D eigenvalue weighted by Gasteiger charge is -2.06. The van der Waals surface area contributed by atoms with Crippen molar-refractivity contribution in [3.05, 3.63) is 45.1 Å². The molecule has 2 N–H and O–H groups in total. The number of halogens is 1. The quantitative estimate of drug-likeness (QED) is 0.684. The van der Waals surface area contributed by atoms with Crippen LogP contribution in [0.15, 0.2) is 24.3 Å². The summed E-state index contributed by atoms with van der Waals surface area (Å²) in [5, 5.41) is 11.2. The number of anilines is 1. The lowest BCUT2D eigenvalue weighted by atomic mass is 10.3. The SMILES string of the molecule is Cc1cc(Oc2ccc(Cl)cc2[N+](=O)[O-])nc(N)n1. The predicted molar refractivity (Wildman–Crippen MR) is 69.4 cm³/mol. The van der Waals surface area contributed by atoms with Gasteiger partial charge in [0.15, 0.2) is 0 Å². The maximum atomic E-state index is 10.9. The predicted octanol–water partition coefficient (Wildman–Crippen LogP) is 2.72. The number of hydrogen-bond acceptors (Lipinski definition) is 6. The molecule has 19 heavy (non-hydrogen) atoms. The van der Waals surface area contributed by atoms with Crippen molar-refractivity contribution in [2.45, 2.75) is 6.92 Å². The third kappa shape index (κ3) is 3.08. The number of nitrogen functional groups attached to an aromatic ring is 1. The molecule has 1 aromatic carbocycles. The fourth-order valence-electron chi connectivity index (χ4n) is 1.45. The first kappa shape index (κ1) is 13.0. The molecule has 0 aliphatic heterocycles. The van der Waals surface area contributed by atoms with Gasteiger partial charge in [0, 0.05) is 22.8 Å². The molecule has 0 aliphatic rings. The summed E-state index contributed by atoms with van der Waals surface area (Å²) in [6.07, 6.45) is 0. The molecule has 0 bridgehead atoms. The molecular weight excluding hydrogens is 272 g/mol. The van der Waals surface area contributed by atoms with Gasteiger partial charge in [0.05, 0.1) is 4.92 Å². The van der Waals surface area contributed by atoms with E-state index < -0.39 is 4.92 Å². The van der Waals surface area contributed by atoms with Gasteiger partial charge in [-0.15, -0.1) is 0 Å². The topological polar surface area (TPSA) is 104 Å². The first-order valence-electron chi connectivity index (χ1n) is 5.18. The van der Waals surface area contributed by atoms with E-state index in [1.807, 2.05) is 0 Å². The second-order valence-corrected chi connectivity index (χ2v) is 4.11. The third-order valence-electron chi connectivity index (χ3n) is 2.18. The lowest BCUT2D eigenvalue weighted by molar-refractivity contribution is -0.385. The van der Waals surface area contributed by atoms with Crippen molar-refractivity contribution in [2.24, 2.45) is 0 Å². The number of nitrogens with two attached hydrogens (primary N) is 1. The molecule has 0 fully saturated rings. The summed E-state index contributed by atoms with van der Waals surface area (Å²) >= 11 is 5.71. The molecule has 8 heteroatoms. The van der Waals surface area contributed by atoms with Crippen molar-refractivity contribution in [1.82, 2.24) is 9.97 Å². The van der Waals surface area contributed by atoms with E-state index in [2.05, 4.69) is 9.97 Å². The molecule has 2 aromatic rings. The summed E-state index contributed by atoms with van der Waals surface area (Å²) in [7, 11) is 0. The van der Waals surface area contributed by atoms with Crippen LogP contribution >= 0.6 is 11.6 Å². The number of aromatic nitrogens is 2. The van der Waals surface area contributed by atoms with Gasteiger partial charge < -0.3 is 10.5 Å². The molecule has 0 aliphatic carbocycles. The number of nitro groups is 1. The third-order valence-corrected chi connectivity index (χ3v) is 2.42. The number of nitro benzene ring substituents is 1. The fraction of sp³-hybridized carbons (Fsp3) is 0.0909. The Labute approximate surface area is 113 Å². The van der Waals surface area contributed by atoms with Gasteiger partial charge >= 0.3 is 5.69 Å². The Morgan fingerprint density at radius 3 is 2.74 bits per heavy atom. The standard InChI is InChI=1S/C11H9ClN4O3/c1-6-4-10(15-11(13)14-6)19-9-3-2-7(12)5-8(9)16(17)18/h2-5H,1H3,(H2,13,14,15). The zero-order valence-corrected chi connectivity index (χ0v) is 10.6. The van der Waals surface area contributed by atoms with E-state index in [9.17, 15) is 10.1 Å². The second-order valence-electron chi connectivity index (χ2n) is 3.68. The zero-order valence-electron chi connectivity index (χ0n) is 9.83. The Morgan fingerprint density at radius 1 is 1.37 bits per heavy atom. The Balaban J connectivity index is 2.40. The van der Waals surface area contributed by atoms with Gasteiger partial charge in [0.1, 0.15) is 0 Å². The van der Waals surface area contributed by atoms with Crippen LogP contribution < -0.4 is 10.5 Å². The van der Waals surface area contributed by atoms with Crippen LogP contribution in [-0.2, 0) is 0 Å². The van der Waals surface area contributed by atoms with E-state index in [0.29, 0.717) is 5.69 Å². The van der Waals surface area contributed by atoms with Crippen LogP contribution in [0.2, 0.25) is 5.02 Å². The van der Waals surface area contributed by atoms with Crippen LogP contribution in [0.25, 0.3) is 0 Å². The number of hydrogen-bond donors (Lipinski definition) is 1. The highest BCUT2D eigenvalue weighted by molar-refractivity contribution is 6.30. The zero-order chi connectivity index (χ0) is 14.0. The normalized spacial score (nSPS) is 10.2. The van der Waals surface area contributed by atoms with Gasteiger partial charge in [-0.1, -0.05) is 11.6 Å². The summed E-state index contributed by atoms with van der Waals surface area (Å²) in [5.74, 6) is 0.203. The summed E-state index contributed by atoms with van der Waals surface area (Å²) < 4.78 is 5.36. The number of ether oxygens (including phenoxy) is 1. The van der Waals surface area contributed by atoms with Crippen molar-refractivity contribution in [1.29, 1.82) is 0 Å². The Bertz CT molecular complexity index is 628. The number of nitrogens with zero attached hydrogens (tertiary/aromatic N) is 3. The molecule has 1 heterocycles. The monoisotopic (exact) mass is 280 g/mol. The number of benzene rings is 1. The summed E-state index contributed by atoms with van der Waals surface area (Å²) in [4.78, 5) is 18.0. The fourth-order valence-corrected chi connectivity index (χ4v) is 1.61. The van der Waals surface area contributed by atoms with Gasteiger partial charge in [-0.3, -0.25) is 10.1 Å². The van der Waals surface area contributed by atoms with Crippen LogP contribution in [0, 0.1) is 17.0 Å². The number of aryl methyl sites for hydroxylation is 1. The minimum atomic E-state index is -0.585. The maximum absolute atomic E-state index is 10.9. The molecular formula is C11H9ClN4O3. The number of rotatable bonds is 3. The molecule has 0 radical (unpaired) electrons. The van der Waals surface area contributed by atoms with Crippen molar-refractivity contribution < 1.29 is 9.66 Å². The maximum Gasteiger partial charge on any atom is 0.313 e. The van der Waals surface area contributed by atoms with Crippen LogP contribution in [0.1, 0.15) is 5.69 Å². The first-order valence-corrected chi connectivity index (χ1v) is 5.56. The van der Waals surface area contributed by atoms with Crippen LogP contribution in [-0.4, -0.2) is 14.9 Å². The minimum Gasteiger partial charge on any atom is -0.432 e. The van der Waals surface area contributed by atoms with Crippen molar-refractivity contribution in [3.8, 4) is 11.6 Å². The molecule has 98 valence electrons. The summed E-state index contributed by atoms with van der Waals surface area (Å²) in [5.41, 5.74) is 5.83. The van der Waals surface area contributed by atoms with E-state index in [1.54, 1.807) is 6.92 Å². The smallest absolute Gasteiger partial charge is 0.313 e. The van der Waals surface area contributed by atoms with Gasteiger partial charge in [0.25, 0.3) is 0 Å². The highest BCUT2D eigenvalue weighted by atomic mass is 35.5. The average molecular weight is 281 g/mol. The molecule has 0 saturated carbocycles. The largest absolute Gasteiger partial charge is 0.432 e. The van der Waals surface area contributed by atoms with Crippen LogP contribution in [0.3, 0.4) is 0 Å². The average Bonchev–Trinajstić information content (AvgIpc) is 2.30. The Hall–Kier alpha value is -2.41. The van der Waals surface area contributed by atoms with Gasteiger partial charge in [-0.2, -0.15) is 4.98 Å². The summed E-state index contributed by atoms with van der Waals surface area (Å²) in [6, 6.07) is 5.61. The molecule has 0 amide bonds. The van der Waals surface area contributed by atoms with Crippen molar-refractivity contribution >= 4 is 23.2 Å². The highest BCUT2D eigenvalue weighted by Crippen LogP contribution is 2.33. The van der Waals surface area contributed by atoms with Crippen LogP contribution in [0.4, 0.5) is 11.6 Å². The Morgan fingerprint density at radius 2 is 2.11 bits per heavy atom. The minimum absolute atomic E-state index is 0.0339. The summed E-state index contributed by atoms with van der Waals surface area (Å²) in [6.45, 7) is 1.71. The second kappa shape index (κ2) is 5.07. The molecule has 0 spiro atoms. The molecule has 0 saturated heterocycles. The van der Waals surface area contributed by atoms with Crippen LogP contribution in [0.5, 0.6) is 11.6 Å². The molecule has 0 atom stereocenters. The lowest BCUT2D eigenvalue weighted by Crippen LogP contribution is -2.00. The van der Waals surface area contributed by atoms with E-state index >= 15 is 0 Å².